The van der Waals surface area contributed by atoms with Crippen molar-refractivity contribution in [2.24, 2.45) is 0 Å². The number of aromatic nitrogens is 3. The van der Waals surface area contributed by atoms with Gasteiger partial charge in [0, 0.05) is 17.9 Å². The van der Waals surface area contributed by atoms with Crippen LogP contribution < -0.4 is 15.4 Å². The summed E-state index contributed by atoms with van der Waals surface area (Å²) in [7, 11) is 1.61. The van der Waals surface area contributed by atoms with Gasteiger partial charge in [0.05, 0.1) is 19.4 Å². The fourth-order valence-electron chi connectivity index (χ4n) is 2.61. The van der Waals surface area contributed by atoms with Gasteiger partial charge in [0.2, 0.25) is 5.91 Å². The molecule has 2 aromatic carbocycles. The van der Waals surface area contributed by atoms with Gasteiger partial charge in [-0.1, -0.05) is 30.0 Å². The minimum atomic E-state index is -0.0928. The van der Waals surface area contributed by atoms with Gasteiger partial charge in [-0.15, -0.1) is 10.2 Å². The summed E-state index contributed by atoms with van der Waals surface area (Å²) in [5.41, 5.74) is 1.76. The fourth-order valence-corrected chi connectivity index (χ4v) is 3.43. The number of nitrogens with one attached hydrogen (secondary N) is 2. The Morgan fingerprint density at radius 2 is 1.82 bits per heavy atom. The van der Waals surface area contributed by atoms with Crippen LogP contribution in [0.3, 0.4) is 0 Å². The van der Waals surface area contributed by atoms with E-state index >= 15 is 0 Å². The molecule has 1 aromatic heterocycles. The third-order valence-corrected chi connectivity index (χ3v) is 5.01. The molecule has 8 heteroatoms. The average Bonchev–Trinajstić information content (AvgIpc) is 3.14. The van der Waals surface area contributed by atoms with E-state index in [0.717, 1.165) is 34.6 Å². The van der Waals surface area contributed by atoms with Crippen LogP contribution in [-0.2, 0) is 17.9 Å². The predicted molar refractivity (Wildman–Crippen MR) is 112 cm³/mol. The molecule has 0 saturated heterocycles. The number of methoxy groups -OCH3 is 1. The molecule has 0 bridgehead atoms. The highest BCUT2D eigenvalue weighted by Crippen LogP contribution is 2.19. The van der Waals surface area contributed by atoms with Gasteiger partial charge >= 0.3 is 0 Å². The number of hydrogen-bond donors (Lipinski definition) is 2. The van der Waals surface area contributed by atoms with Crippen LogP contribution in [0.4, 0.5) is 11.4 Å². The second-order valence-corrected chi connectivity index (χ2v) is 6.87. The smallest absolute Gasteiger partial charge is 0.234 e. The predicted octanol–water partition coefficient (Wildman–Crippen LogP) is 3.65. The molecule has 0 aliphatic heterocycles. The van der Waals surface area contributed by atoms with Crippen molar-refractivity contribution in [2.45, 2.75) is 25.2 Å². The van der Waals surface area contributed by atoms with E-state index in [4.69, 9.17) is 4.74 Å². The lowest BCUT2D eigenvalue weighted by Gasteiger charge is -2.09. The molecule has 1 amide bonds. The van der Waals surface area contributed by atoms with E-state index in [2.05, 4.69) is 20.8 Å². The summed E-state index contributed by atoms with van der Waals surface area (Å²) in [5, 5.41) is 15.4. The number of para-hydroxylation sites is 1. The van der Waals surface area contributed by atoms with Crippen LogP contribution in [-0.4, -0.2) is 33.5 Å². The molecule has 146 valence electrons. The molecule has 0 fully saturated rings. The molecule has 0 aliphatic carbocycles. The first-order valence-electron chi connectivity index (χ1n) is 8.97. The Morgan fingerprint density at radius 1 is 1.07 bits per heavy atom. The molecule has 0 radical (unpaired) electrons. The maximum absolute atomic E-state index is 12.2. The van der Waals surface area contributed by atoms with Crippen molar-refractivity contribution in [3.63, 3.8) is 0 Å². The number of carbonyl (C=O) groups is 1. The van der Waals surface area contributed by atoms with Gasteiger partial charge in [-0.05, 0) is 43.3 Å². The third kappa shape index (κ3) is 5.26. The summed E-state index contributed by atoms with van der Waals surface area (Å²) in [6, 6.07) is 17.2. The summed E-state index contributed by atoms with van der Waals surface area (Å²) in [6.07, 6.45) is 0. The number of thioether (sulfide) groups is 1. The lowest BCUT2D eigenvalue weighted by Crippen LogP contribution is -2.15. The van der Waals surface area contributed by atoms with Crippen molar-refractivity contribution in [3.05, 3.63) is 60.4 Å². The van der Waals surface area contributed by atoms with Gasteiger partial charge < -0.3 is 19.9 Å². The van der Waals surface area contributed by atoms with Crippen LogP contribution in [0.25, 0.3) is 0 Å². The zero-order valence-corrected chi connectivity index (χ0v) is 16.7. The number of anilines is 2. The second kappa shape index (κ2) is 9.80. The standard InChI is InChI=1S/C20H23N5O2S/c1-3-25-18(13-21-15-7-5-4-6-8-15)23-24-20(25)28-14-19(26)22-16-9-11-17(27-2)12-10-16/h4-12,21H,3,13-14H2,1-2H3,(H,22,26). The van der Waals surface area contributed by atoms with Crippen molar-refractivity contribution in [1.29, 1.82) is 0 Å². The van der Waals surface area contributed by atoms with Gasteiger partial charge in [0.25, 0.3) is 0 Å². The lowest BCUT2D eigenvalue weighted by molar-refractivity contribution is -0.113. The molecule has 0 atom stereocenters. The van der Waals surface area contributed by atoms with Crippen molar-refractivity contribution in [3.8, 4) is 5.75 Å². The Balaban J connectivity index is 1.54. The number of hydrogen-bond acceptors (Lipinski definition) is 6. The van der Waals surface area contributed by atoms with Gasteiger partial charge in [-0.2, -0.15) is 0 Å². The van der Waals surface area contributed by atoms with E-state index in [1.54, 1.807) is 7.11 Å². The normalized spacial score (nSPS) is 10.5. The highest BCUT2D eigenvalue weighted by Gasteiger charge is 2.13. The number of amides is 1. The maximum atomic E-state index is 12.2. The molecule has 0 unspecified atom stereocenters. The van der Waals surface area contributed by atoms with E-state index < -0.39 is 0 Å². The Kier molecular flexibility index (Phi) is 6.91. The molecular formula is C20H23N5O2S. The molecule has 0 spiro atoms. The quantitative estimate of drug-likeness (QED) is 0.537. The fraction of sp³-hybridized carbons (Fsp3) is 0.250. The number of nitrogens with zero attached hydrogens (tertiary/aromatic N) is 3. The highest BCUT2D eigenvalue weighted by molar-refractivity contribution is 7.99. The molecule has 7 nitrogen and oxygen atoms in total. The Bertz CT molecular complexity index is 897. The summed E-state index contributed by atoms with van der Waals surface area (Å²) < 4.78 is 7.13. The molecule has 2 N–H and O–H groups in total. The summed E-state index contributed by atoms with van der Waals surface area (Å²) in [5.74, 6) is 1.75. The number of benzene rings is 2. The molecule has 28 heavy (non-hydrogen) atoms. The molecule has 3 rings (SSSR count). The Labute approximate surface area is 168 Å². The monoisotopic (exact) mass is 397 g/mol. The zero-order valence-electron chi connectivity index (χ0n) is 15.9. The minimum absolute atomic E-state index is 0.0928. The van der Waals surface area contributed by atoms with Crippen LogP contribution in [0.2, 0.25) is 0 Å². The number of carbonyl (C=O) groups excluding carboxylic acids is 1. The van der Waals surface area contributed by atoms with E-state index in [9.17, 15) is 4.79 Å². The minimum Gasteiger partial charge on any atom is -0.497 e. The van der Waals surface area contributed by atoms with Crippen molar-refractivity contribution in [1.82, 2.24) is 14.8 Å². The summed E-state index contributed by atoms with van der Waals surface area (Å²) >= 11 is 1.37. The van der Waals surface area contributed by atoms with E-state index in [0.29, 0.717) is 6.54 Å². The SMILES string of the molecule is CCn1c(CNc2ccccc2)nnc1SCC(=O)Nc1ccc(OC)cc1. The number of ether oxygens (including phenoxy) is 1. The van der Waals surface area contributed by atoms with Crippen molar-refractivity contribution in [2.75, 3.05) is 23.5 Å². The second-order valence-electron chi connectivity index (χ2n) is 5.93. The van der Waals surface area contributed by atoms with Crippen LogP contribution in [0, 0.1) is 0 Å². The first kappa shape index (κ1) is 19.8. The summed E-state index contributed by atoms with van der Waals surface area (Å²) in [4.78, 5) is 12.2. The van der Waals surface area contributed by atoms with Gasteiger partial charge in [-0.3, -0.25) is 4.79 Å². The van der Waals surface area contributed by atoms with Crippen LogP contribution in [0.1, 0.15) is 12.7 Å². The molecule has 0 aliphatic rings. The average molecular weight is 398 g/mol. The van der Waals surface area contributed by atoms with Crippen LogP contribution in [0.15, 0.2) is 59.8 Å². The highest BCUT2D eigenvalue weighted by atomic mass is 32.2. The van der Waals surface area contributed by atoms with Crippen LogP contribution >= 0.6 is 11.8 Å². The van der Waals surface area contributed by atoms with Crippen molar-refractivity contribution >= 4 is 29.0 Å². The largest absolute Gasteiger partial charge is 0.497 e. The number of rotatable bonds is 9. The van der Waals surface area contributed by atoms with E-state index in [1.165, 1.54) is 11.8 Å². The molecule has 3 aromatic rings. The summed E-state index contributed by atoms with van der Waals surface area (Å²) in [6.45, 7) is 3.35. The zero-order chi connectivity index (χ0) is 19.8. The van der Waals surface area contributed by atoms with Gasteiger partial charge in [-0.25, -0.2) is 0 Å². The lowest BCUT2D eigenvalue weighted by atomic mass is 10.3. The molecule has 0 saturated carbocycles. The Morgan fingerprint density at radius 3 is 2.50 bits per heavy atom. The molecule has 1 heterocycles. The van der Waals surface area contributed by atoms with Gasteiger partial charge in [0.15, 0.2) is 11.0 Å². The molecular weight excluding hydrogens is 374 g/mol. The third-order valence-electron chi connectivity index (χ3n) is 4.04. The first-order chi connectivity index (χ1) is 13.7. The maximum Gasteiger partial charge on any atom is 0.234 e. The van der Waals surface area contributed by atoms with E-state index in [-0.39, 0.29) is 11.7 Å². The first-order valence-corrected chi connectivity index (χ1v) is 9.96. The van der Waals surface area contributed by atoms with Gasteiger partial charge in [0.1, 0.15) is 5.75 Å². The van der Waals surface area contributed by atoms with Crippen molar-refractivity contribution < 1.29 is 9.53 Å². The van der Waals surface area contributed by atoms with Crippen LogP contribution in [0.5, 0.6) is 5.75 Å². The van der Waals surface area contributed by atoms with E-state index in [1.807, 2.05) is 66.1 Å². The Hall–Kier alpha value is -3.00. The topological polar surface area (TPSA) is 81.1 Å².